The predicted octanol–water partition coefficient (Wildman–Crippen LogP) is 3.99. The van der Waals surface area contributed by atoms with Crippen LogP contribution < -0.4 is 10.1 Å². The maximum atomic E-state index is 12.0. The van der Waals surface area contributed by atoms with Gasteiger partial charge in [0.2, 0.25) is 5.88 Å². The van der Waals surface area contributed by atoms with Crippen LogP contribution in [0.3, 0.4) is 0 Å². The Kier molecular flexibility index (Phi) is 4.72. The van der Waals surface area contributed by atoms with Crippen LogP contribution in [0.2, 0.25) is 0 Å². The second-order valence-electron chi connectivity index (χ2n) is 8.70. The lowest BCUT2D eigenvalue weighted by molar-refractivity contribution is -0.0881. The van der Waals surface area contributed by atoms with Crippen LogP contribution in [0.25, 0.3) is 16.1 Å². The van der Waals surface area contributed by atoms with Gasteiger partial charge in [-0.05, 0) is 40.7 Å². The van der Waals surface area contributed by atoms with Gasteiger partial charge in [-0.3, -0.25) is 0 Å². The highest BCUT2D eigenvalue weighted by molar-refractivity contribution is 7.15. The molecule has 1 aliphatic carbocycles. The molecule has 0 radical (unpaired) electrons. The maximum Gasteiger partial charge on any atom is 0.407 e. The van der Waals surface area contributed by atoms with Crippen LogP contribution >= 0.6 is 11.3 Å². The van der Waals surface area contributed by atoms with Crippen molar-refractivity contribution >= 4 is 22.9 Å². The van der Waals surface area contributed by atoms with Gasteiger partial charge in [0.05, 0.1) is 22.3 Å². The number of aryl methyl sites for hydroxylation is 1. The smallest absolute Gasteiger partial charge is 0.407 e. The van der Waals surface area contributed by atoms with Crippen molar-refractivity contribution in [2.75, 3.05) is 0 Å². The molecular weight excluding hydrogens is 390 g/mol. The molecule has 1 saturated carbocycles. The standard InChI is InChI=1S/C20H25N5O3S/c1-12-21-10-16(29-12)14-11-25-15(6-7-22-25)17(23-14)28-20(5)8-13(9-20)27-18(26)24-19(2,3)4/h6-7,10-11,13H,8-9H2,1-5H3,(H,24,26). The van der Waals surface area contributed by atoms with Crippen LogP contribution in [0, 0.1) is 6.92 Å². The van der Waals surface area contributed by atoms with Gasteiger partial charge in [-0.15, -0.1) is 11.3 Å². The fraction of sp³-hybridized carbons (Fsp3) is 0.500. The summed E-state index contributed by atoms with van der Waals surface area (Å²) in [6.45, 7) is 9.73. The number of carbonyl (C=O) groups excluding carboxylic acids is 1. The molecule has 1 fully saturated rings. The molecule has 1 N–H and O–H groups in total. The number of carbonyl (C=O) groups is 1. The molecule has 0 atom stereocenters. The molecule has 0 unspecified atom stereocenters. The van der Waals surface area contributed by atoms with Crippen molar-refractivity contribution < 1.29 is 14.3 Å². The Morgan fingerprint density at radius 3 is 2.79 bits per heavy atom. The lowest BCUT2D eigenvalue weighted by Crippen LogP contribution is -2.53. The van der Waals surface area contributed by atoms with Crippen LogP contribution in [-0.4, -0.2) is 42.9 Å². The van der Waals surface area contributed by atoms with E-state index >= 15 is 0 Å². The third-order valence-electron chi connectivity index (χ3n) is 4.64. The summed E-state index contributed by atoms with van der Waals surface area (Å²) in [4.78, 5) is 22.0. The van der Waals surface area contributed by atoms with Gasteiger partial charge in [-0.1, -0.05) is 0 Å². The lowest BCUT2D eigenvalue weighted by atomic mass is 9.79. The highest BCUT2D eigenvalue weighted by Crippen LogP contribution is 2.39. The van der Waals surface area contributed by atoms with Gasteiger partial charge in [0.1, 0.15) is 22.9 Å². The summed E-state index contributed by atoms with van der Waals surface area (Å²) in [6, 6.07) is 1.87. The van der Waals surface area contributed by atoms with Gasteiger partial charge in [-0.25, -0.2) is 19.3 Å². The van der Waals surface area contributed by atoms with Crippen LogP contribution in [0.5, 0.6) is 5.88 Å². The SMILES string of the molecule is Cc1ncc(-c2cn3nccc3c(OC3(C)CC(OC(=O)NC(C)(C)C)C3)n2)s1. The minimum atomic E-state index is -0.452. The molecule has 4 rings (SSSR count). The molecule has 3 aromatic heterocycles. The number of ether oxygens (including phenoxy) is 2. The van der Waals surface area contributed by atoms with E-state index in [1.807, 2.05) is 53.1 Å². The van der Waals surface area contributed by atoms with Gasteiger partial charge >= 0.3 is 6.09 Å². The number of alkyl carbamates (subject to hydrolysis) is 1. The van der Waals surface area contributed by atoms with E-state index in [2.05, 4.69) is 15.4 Å². The van der Waals surface area contributed by atoms with E-state index in [1.165, 1.54) is 0 Å². The van der Waals surface area contributed by atoms with E-state index in [9.17, 15) is 4.79 Å². The number of aromatic nitrogens is 4. The van der Waals surface area contributed by atoms with Crippen molar-refractivity contribution in [1.29, 1.82) is 0 Å². The Hall–Kier alpha value is -2.68. The van der Waals surface area contributed by atoms with E-state index < -0.39 is 11.7 Å². The molecule has 9 heteroatoms. The van der Waals surface area contributed by atoms with E-state index in [0.29, 0.717) is 18.7 Å². The monoisotopic (exact) mass is 415 g/mol. The molecule has 1 aliphatic rings. The molecule has 29 heavy (non-hydrogen) atoms. The van der Waals surface area contributed by atoms with Gasteiger partial charge < -0.3 is 14.8 Å². The highest BCUT2D eigenvalue weighted by atomic mass is 32.1. The first-order chi connectivity index (χ1) is 13.6. The number of nitrogens with one attached hydrogen (secondary N) is 1. The van der Waals surface area contributed by atoms with Crippen molar-refractivity contribution in [2.45, 2.75) is 64.7 Å². The summed E-state index contributed by atoms with van der Waals surface area (Å²) in [7, 11) is 0. The topological polar surface area (TPSA) is 90.6 Å². The molecule has 0 spiro atoms. The second-order valence-corrected chi connectivity index (χ2v) is 9.93. The largest absolute Gasteiger partial charge is 0.470 e. The first-order valence-electron chi connectivity index (χ1n) is 9.55. The normalized spacial score (nSPS) is 21.6. The fourth-order valence-electron chi connectivity index (χ4n) is 3.36. The second kappa shape index (κ2) is 6.98. The van der Waals surface area contributed by atoms with Crippen LogP contribution in [-0.2, 0) is 4.74 Å². The number of amides is 1. The molecule has 0 aliphatic heterocycles. The predicted molar refractivity (Wildman–Crippen MR) is 110 cm³/mol. The third kappa shape index (κ3) is 4.34. The van der Waals surface area contributed by atoms with E-state index in [1.54, 1.807) is 22.0 Å². The zero-order valence-corrected chi connectivity index (χ0v) is 18.0. The average molecular weight is 416 g/mol. The number of hydrogen-bond acceptors (Lipinski definition) is 7. The Balaban J connectivity index is 1.48. The summed E-state index contributed by atoms with van der Waals surface area (Å²) in [6.07, 6.45) is 6.05. The quantitative estimate of drug-likeness (QED) is 0.693. The first-order valence-corrected chi connectivity index (χ1v) is 10.4. The van der Waals surface area contributed by atoms with E-state index in [0.717, 1.165) is 21.1 Å². The van der Waals surface area contributed by atoms with E-state index in [-0.39, 0.29) is 11.6 Å². The van der Waals surface area contributed by atoms with Crippen molar-refractivity contribution in [3.8, 4) is 16.5 Å². The molecular formula is C20H25N5O3S. The third-order valence-corrected chi connectivity index (χ3v) is 5.58. The zero-order valence-electron chi connectivity index (χ0n) is 17.2. The number of thiazole rings is 1. The van der Waals surface area contributed by atoms with Gasteiger partial charge in [-0.2, -0.15) is 5.10 Å². The van der Waals surface area contributed by atoms with Crippen molar-refractivity contribution in [3.05, 3.63) is 29.7 Å². The molecule has 3 aromatic rings. The minimum absolute atomic E-state index is 0.171. The minimum Gasteiger partial charge on any atom is -0.470 e. The number of rotatable bonds is 4. The number of nitrogens with zero attached hydrogens (tertiary/aromatic N) is 4. The molecule has 0 bridgehead atoms. The molecule has 3 heterocycles. The van der Waals surface area contributed by atoms with E-state index in [4.69, 9.17) is 14.5 Å². The maximum absolute atomic E-state index is 12.0. The van der Waals surface area contributed by atoms with Crippen LogP contribution in [0.1, 0.15) is 45.5 Å². The molecule has 1 amide bonds. The Morgan fingerprint density at radius 1 is 1.38 bits per heavy atom. The van der Waals surface area contributed by atoms with Crippen molar-refractivity contribution in [3.63, 3.8) is 0 Å². The molecule has 0 saturated heterocycles. The Morgan fingerprint density at radius 2 is 2.14 bits per heavy atom. The molecule has 154 valence electrons. The number of hydrogen-bond donors (Lipinski definition) is 1. The van der Waals surface area contributed by atoms with Crippen LogP contribution in [0.4, 0.5) is 4.79 Å². The van der Waals surface area contributed by atoms with Crippen LogP contribution in [0.15, 0.2) is 24.7 Å². The summed E-state index contributed by atoms with van der Waals surface area (Å²) < 4.78 is 13.5. The first kappa shape index (κ1) is 19.6. The van der Waals surface area contributed by atoms with Crippen molar-refractivity contribution in [1.82, 2.24) is 24.9 Å². The van der Waals surface area contributed by atoms with Gasteiger partial charge in [0.25, 0.3) is 0 Å². The highest BCUT2D eigenvalue weighted by Gasteiger charge is 2.45. The zero-order chi connectivity index (χ0) is 20.8. The summed E-state index contributed by atoms with van der Waals surface area (Å²) in [5.74, 6) is 0.520. The summed E-state index contributed by atoms with van der Waals surface area (Å²) in [5.41, 5.74) is 0.786. The molecule has 0 aromatic carbocycles. The van der Waals surface area contributed by atoms with Crippen molar-refractivity contribution in [2.24, 2.45) is 0 Å². The average Bonchev–Trinajstić information content (AvgIpc) is 3.20. The van der Waals surface area contributed by atoms with Gasteiger partial charge in [0.15, 0.2) is 0 Å². The Labute approximate surface area is 173 Å². The lowest BCUT2D eigenvalue weighted by Gasteiger charge is -2.43. The summed E-state index contributed by atoms with van der Waals surface area (Å²) >= 11 is 1.58. The molecule has 8 nitrogen and oxygen atoms in total. The fourth-order valence-corrected chi connectivity index (χ4v) is 4.09. The Bertz CT molecular complexity index is 1050. The van der Waals surface area contributed by atoms with Gasteiger partial charge in [0, 0.05) is 24.6 Å². The summed E-state index contributed by atoms with van der Waals surface area (Å²) in [5, 5.41) is 8.13. The number of fused-ring (bicyclic) bond motifs is 1.